The summed E-state index contributed by atoms with van der Waals surface area (Å²) in [5.41, 5.74) is 1.76. The molecule has 0 aliphatic carbocycles. The molecule has 0 saturated heterocycles. The highest BCUT2D eigenvalue weighted by molar-refractivity contribution is 7.89. The molecule has 1 amide bonds. The third-order valence-corrected chi connectivity index (χ3v) is 5.97. The number of benzene rings is 1. The summed E-state index contributed by atoms with van der Waals surface area (Å²) in [5, 5.41) is 2.71. The molecule has 0 aliphatic heterocycles. The standard InChI is InChI=1S/C19H25N3O4S/c1-14(2)16-5-6-17(26-4)18(11-16)27(24,25)22(3)13-19(23)21-12-15-7-9-20-10-8-15/h5-11,14H,12-13H2,1-4H3,(H,21,23). The highest BCUT2D eigenvalue weighted by Crippen LogP contribution is 2.29. The van der Waals surface area contributed by atoms with E-state index in [9.17, 15) is 13.2 Å². The molecule has 0 radical (unpaired) electrons. The molecule has 1 aromatic heterocycles. The second-order valence-corrected chi connectivity index (χ2v) is 8.47. The Morgan fingerprint density at radius 1 is 1.22 bits per heavy atom. The molecule has 0 saturated carbocycles. The third kappa shape index (κ3) is 5.27. The van der Waals surface area contributed by atoms with Crippen LogP contribution in [0.2, 0.25) is 0 Å². The molecule has 146 valence electrons. The predicted octanol–water partition coefficient (Wildman–Crippen LogP) is 2.15. The van der Waals surface area contributed by atoms with Gasteiger partial charge in [0.2, 0.25) is 15.9 Å². The molecule has 8 heteroatoms. The van der Waals surface area contributed by atoms with Crippen LogP contribution in [0.15, 0.2) is 47.6 Å². The summed E-state index contributed by atoms with van der Waals surface area (Å²) in [7, 11) is -1.08. The van der Waals surface area contributed by atoms with Gasteiger partial charge in [0, 0.05) is 26.0 Å². The third-order valence-electron chi connectivity index (χ3n) is 4.15. The van der Waals surface area contributed by atoms with Gasteiger partial charge in [0.1, 0.15) is 10.6 Å². The maximum atomic E-state index is 13.0. The molecule has 0 spiro atoms. The highest BCUT2D eigenvalue weighted by atomic mass is 32.2. The fraction of sp³-hybridized carbons (Fsp3) is 0.368. The number of nitrogens with zero attached hydrogens (tertiary/aromatic N) is 2. The molecule has 1 N–H and O–H groups in total. The minimum absolute atomic E-state index is 0.0561. The normalized spacial score (nSPS) is 11.6. The molecule has 7 nitrogen and oxygen atoms in total. The second-order valence-electron chi connectivity index (χ2n) is 6.46. The lowest BCUT2D eigenvalue weighted by Crippen LogP contribution is -2.38. The number of rotatable bonds is 8. The second kappa shape index (κ2) is 8.96. The smallest absolute Gasteiger partial charge is 0.246 e. The van der Waals surface area contributed by atoms with Crippen LogP contribution in [-0.2, 0) is 21.4 Å². The first-order valence-corrected chi connectivity index (χ1v) is 9.99. The van der Waals surface area contributed by atoms with E-state index in [1.54, 1.807) is 36.7 Å². The number of carbonyl (C=O) groups excluding carboxylic acids is 1. The van der Waals surface area contributed by atoms with Gasteiger partial charge in [-0.25, -0.2) is 8.42 Å². The van der Waals surface area contributed by atoms with Crippen molar-refractivity contribution in [1.29, 1.82) is 0 Å². The molecule has 0 unspecified atom stereocenters. The van der Waals surface area contributed by atoms with Gasteiger partial charge >= 0.3 is 0 Å². The average Bonchev–Trinajstić information content (AvgIpc) is 2.66. The monoisotopic (exact) mass is 391 g/mol. The van der Waals surface area contributed by atoms with Crippen LogP contribution in [0.25, 0.3) is 0 Å². The van der Waals surface area contributed by atoms with E-state index in [0.29, 0.717) is 6.54 Å². The number of carbonyl (C=O) groups is 1. The molecular weight excluding hydrogens is 366 g/mol. The van der Waals surface area contributed by atoms with E-state index in [0.717, 1.165) is 15.4 Å². The maximum Gasteiger partial charge on any atom is 0.246 e. The largest absolute Gasteiger partial charge is 0.495 e. The molecule has 0 fully saturated rings. The van der Waals surface area contributed by atoms with Crippen molar-refractivity contribution in [2.24, 2.45) is 0 Å². The van der Waals surface area contributed by atoms with Crippen molar-refractivity contribution in [3.8, 4) is 5.75 Å². The zero-order valence-electron chi connectivity index (χ0n) is 16.0. The molecule has 2 aromatic rings. The lowest BCUT2D eigenvalue weighted by atomic mass is 10.0. The minimum atomic E-state index is -3.88. The van der Waals surface area contributed by atoms with E-state index < -0.39 is 15.9 Å². The SMILES string of the molecule is COc1ccc(C(C)C)cc1S(=O)(=O)N(C)CC(=O)NCc1ccncc1. The lowest BCUT2D eigenvalue weighted by molar-refractivity contribution is -0.121. The number of hydrogen-bond donors (Lipinski definition) is 1. The summed E-state index contributed by atoms with van der Waals surface area (Å²) >= 11 is 0. The zero-order chi connectivity index (χ0) is 20.0. The van der Waals surface area contributed by atoms with Crippen LogP contribution < -0.4 is 10.1 Å². The molecule has 2 rings (SSSR count). The number of hydrogen-bond acceptors (Lipinski definition) is 5. The predicted molar refractivity (Wildman–Crippen MR) is 103 cm³/mol. The first kappa shape index (κ1) is 20.9. The molecule has 0 aliphatic rings. The fourth-order valence-corrected chi connectivity index (χ4v) is 3.78. The molecule has 1 heterocycles. The Labute approximate surface area is 160 Å². The van der Waals surface area contributed by atoms with Crippen molar-refractivity contribution >= 4 is 15.9 Å². The van der Waals surface area contributed by atoms with Gasteiger partial charge in [-0.15, -0.1) is 0 Å². The number of ether oxygens (including phenoxy) is 1. The molecule has 0 atom stereocenters. The maximum absolute atomic E-state index is 13.0. The summed E-state index contributed by atoms with van der Waals surface area (Å²) in [6, 6.07) is 8.64. The van der Waals surface area contributed by atoms with Gasteiger partial charge in [0.15, 0.2) is 0 Å². The zero-order valence-corrected chi connectivity index (χ0v) is 16.8. The number of methoxy groups -OCH3 is 1. The Morgan fingerprint density at radius 3 is 2.48 bits per heavy atom. The van der Waals surface area contributed by atoms with E-state index in [1.165, 1.54) is 14.2 Å². The minimum Gasteiger partial charge on any atom is -0.495 e. The number of amides is 1. The topological polar surface area (TPSA) is 88.6 Å². The van der Waals surface area contributed by atoms with Gasteiger partial charge in [0.25, 0.3) is 0 Å². The van der Waals surface area contributed by atoms with Crippen LogP contribution in [0.1, 0.15) is 30.9 Å². The Balaban J connectivity index is 2.13. The molecular formula is C19H25N3O4S. The molecule has 27 heavy (non-hydrogen) atoms. The molecule has 0 bridgehead atoms. The summed E-state index contributed by atoms with van der Waals surface area (Å²) in [5.74, 6) is 0.0270. The van der Waals surface area contributed by atoms with E-state index >= 15 is 0 Å². The van der Waals surface area contributed by atoms with Crippen molar-refractivity contribution in [2.75, 3.05) is 20.7 Å². The molecule has 1 aromatic carbocycles. The fourth-order valence-electron chi connectivity index (χ4n) is 2.47. The van der Waals surface area contributed by atoms with Crippen LogP contribution in [-0.4, -0.2) is 44.3 Å². The summed E-state index contributed by atoms with van der Waals surface area (Å²) in [6.07, 6.45) is 3.26. The Bertz CT molecular complexity index is 883. The van der Waals surface area contributed by atoms with Crippen LogP contribution in [0.3, 0.4) is 0 Å². The first-order chi connectivity index (χ1) is 12.8. The number of aromatic nitrogens is 1. The highest BCUT2D eigenvalue weighted by Gasteiger charge is 2.27. The number of pyridine rings is 1. The van der Waals surface area contributed by atoms with Gasteiger partial charge < -0.3 is 10.1 Å². The summed E-state index contributed by atoms with van der Waals surface area (Å²) < 4.78 is 32.1. The number of likely N-dealkylation sites (N-methyl/N-ethyl adjacent to an activating group) is 1. The van der Waals surface area contributed by atoms with Crippen molar-refractivity contribution in [1.82, 2.24) is 14.6 Å². The van der Waals surface area contributed by atoms with Crippen molar-refractivity contribution in [3.63, 3.8) is 0 Å². The number of sulfonamides is 1. The Hall–Kier alpha value is -2.45. The van der Waals surface area contributed by atoms with Crippen LogP contribution in [0.4, 0.5) is 0 Å². The Morgan fingerprint density at radius 2 is 1.89 bits per heavy atom. The first-order valence-electron chi connectivity index (χ1n) is 8.55. The van der Waals surface area contributed by atoms with Gasteiger partial charge in [-0.3, -0.25) is 9.78 Å². The van der Waals surface area contributed by atoms with Gasteiger partial charge in [0.05, 0.1) is 13.7 Å². The summed E-state index contributed by atoms with van der Waals surface area (Å²) in [4.78, 5) is 16.1. The quantitative estimate of drug-likeness (QED) is 0.745. The van der Waals surface area contributed by atoms with E-state index in [-0.39, 0.29) is 23.1 Å². The van der Waals surface area contributed by atoms with Crippen molar-refractivity contribution in [3.05, 3.63) is 53.9 Å². The van der Waals surface area contributed by atoms with Crippen LogP contribution in [0.5, 0.6) is 5.75 Å². The Kier molecular flexibility index (Phi) is 6.92. The van der Waals surface area contributed by atoms with Gasteiger partial charge in [-0.2, -0.15) is 4.31 Å². The van der Waals surface area contributed by atoms with Crippen LogP contribution in [0, 0.1) is 0 Å². The van der Waals surface area contributed by atoms with Crippen molar-refractivity contribution < 1.29 is 17.9 Å². The van der Waals surface area contributed by atoms with Crippen LogP contribution >= 0.6 is 0 Å². The van der Waals surface area contributed by atoms with E-state index in [4.69, 9.17) is 4.74 Å². The van der Waals surface area contributed by atoms with Gasteiger partial charge in [-0.05, 0) is 41.3 Å². The average molecular weight is 391 g/mol. The van der Waals surface area contributed by atoms with Crippen molar-refractivity contribution in [2.45, 2.75) is 31.2 Å². The van der Waals surface area contributed by atoms with Gasteiger partial charge in [-0.1, -0.05) is 19.9 Å². The lowest BCUT2D eigenvalue weighted by Gasteiger charge is -2.20. The van der Waals surface area contributed by atoms with E-state index in [1.807, 2.05) is 19.9 Å². The summed E-state index contributed by atoms with van der Waals surface area (Å²) in [6.45, 7) is 3.98. The van der Waals surface area contributed by atoms with E-state index in [2.05, 4.69) is 10.3 Å². The number of nitrogens with one attached hydrogen (secondary N) is 1.